The summed E-state index contributed by atoms with van der Waals surface area (Å²) in [5, 5.41) is 2.92. The van der Waals surface area contributed by atoms with Gasteiger partial charge in [-0.2, -0.15) is 0 Å². The second-order valence-corrected chi connectivity index (χ2v) is 9.35. The van der Waals surface area contributed by atoms with Crippen LogP contribution in [-0.4, -0.2) is 78.3 Å². The molecular weight excluding hydrogens is 404 g/mol. The lowest BCUT2D eigenvalue weighted by Gasteiger charge is -2.44. The van der Waals surface area contributed by atoms with E-state index in [2.05, 4.69) is 58.8 Å². The van der Waals surface area contributed by atoms with Gasteiger partial charge in [0.1, 0.15) is 0 Å². The highest BCUT2D eigenvalue weighted by Crippen LogP contribution is 2.26. The van der Waals surface area contributed by atoms with Gasteiger partial charge in [0.25, 0.3) is 0 Å². The van der Waals surface area contributed by atoms with E-state index in [4.69, 9.17) is 0 Å². The van der Waals surface area contributed by atoms with Gasteiger partial charge in [0.05, 0.1) is 0 Å². The van der Waals surface area contributed by atoms with Crippen LogP contribution >= 0.6 is 11.8 Å². The Morgan fingerprint density at radius 2 is 1.84 bits per heavy atom. The van der Waals surface area contributed by atoms with Gasteiger partial charge in [-0.25, -0.2) is 4.79 Å². The normalized spacial score (nSPS) is 19.1. The number of carbonyl (C=O) groups excluding carboxylic acids is 1. The van der Waals surface area contributed by atoms with Crippen molar-refractivity contribution >= 4 is 17.8 Å². The standard InChI is InChI=1S/C25H38N4OS/c1-4-14-26-25(30)29(15-5-2)23-12-18-28(19-13-23)22-10-16-27(17-11-22)20-21-8-6-7-9-24(21)31-3/h4-9,22-23H,1-2,10-20H2,3H3,(H,26,30). The molecule has 2 amide bonds. The first-order chi connectivity index (χ1) is 15.2. The Morgan fingerprint density at radius 3 is 2.48 bits per heavy atom. The van der Waals surface area contributed by atoms with Crippen LogP contribution in [0.25, 0.3) is 0 Å². The molecule has 0 saturated carbocycles. The number of carbonyl (C=O) groups is 1. The van der Waals surface area contributed by atoms with E-state index < -0.39 is 0 Å². The first-order valence-corrected chi connectivity index (χ1v) is 12.7. The lowest BCUT2D eigenvalue weighted by Crippen LogP contribution is -2.53. The van der Waals surface area contributed by atoms with E-state index in [1.54, 1.807) is 6.08 Å². The van der Waals surface area contributed by atoms with Crippen LogP contribution < -0.4 is 5.32 Å². The molecule has 6 heteroatoms. The Bertz CT molecular complexity index is 724. The van der Waals surface area contributed by atoms with Crippen LogP contribution in [-0.2, 0) is 6.54 Å². The highest BCUT2D eigenvalue weighted by molar-refractivity contribution is 7.98. The molecule has 31 heavy (non-hydrogen) atoms. The molecule has 0 radical (unpaired) electrons. The van der Waals surface area contributed by atoms with Crippen LogP contribution in [0.15, 0.2) is 54.5 Å². The lowest BCUT2D eigenvalue weighted by atomic mass is 9.97. The number of rotatable bonds is 9. The predicted molar refractivity (Wildman–Crippen MR) is 132 cm³/mol. The molecule has 0 bridgehead atoms. The fourth-order valence-electron chi connectivity index (χ4n) is 4.88. The first-order valence-electron chi connectivity index (χ1n) is 11.5. The fourth-order valence-corrected chi connectivity index (χ4v) is 5.49. The van der Waals surface area contributed by atoms with Crippen LogP contribution in [0.3, 0.4) is 0 Å². The molecule has 1 aromatic carbocycles. The highest BCUT2D eigenvalue weighted by Gasteiger charge is 2.31. The van der Waals surface area contributed by atoms with E-state index in [-0.39, 0.29) is 6.03 Å². The second kappa shape index (κ2) is 12.3. The quantitative estimate of drug-likeness (QED) is 0.459. The summed E-state index contributed by atoms with van der Waals surface area (Å²) < 4.78 is 0. The van der Waals surface area contributed by atoms with Crippen LogP contribution in [0.4, 0.5) is 4.79 Å². The van der Waals surface area contributed by atoms with E-state index in [1.807, 2.05) is 22.7 Å². The number of nitrogens with zero attached hydrogens (tertiary/aromatic N) is 3. The third-order valence-electron chi connectivity index (χ3n) is 6.58. The van der Waals surface area contributed by atoms with Gasteiger partial charge in [-0.05, 0) is 56.7 Å². The molecule has 2 saturated heterocycles. The molecule has 0 atom stereocenters. The fraction of sp³-hybridized carbons (Fsp3) is 0.560. The molecule has 2 heterocycles. The third kappa shape index (κ3) is 6.61. The number of amides is 2. The van der Waals surface area contributed by atoms with E-state index >= 15 is 0 Å². The topological polar surface area (TPSA) is 38.8 Å². The van der Waals surface area contributed by atoms with E-state index in [1.165, 1.54) is 36.4 Å². The van der Waals surface area contributed by atoms with Crippen LogP contribution in [0.1, 0.15) is 31.2 Å². The first kappa shape index (κ1) is 23.9. The highest BCUT2D eigenvalue weighted by atomic mass is 32.2. The molecule has 0 spiro atoms. The Hall–Kier alpha value is -1.76. The van der Waals surface area contributed by atoms with Crippen molar-refractivity contribution in [3.8, 4) is 0 Å². The summed E-state index contributed by atoms with van der Waals surface area (Å²) >= 11 is 1.84. The number of piperidine rings is 2. The second-order valence-electron chi connectivity index (χ2n) is 8.50. The number of thioether (sulfide) groups is 1. The van der Waals surface area contributed by atoms with E-state index in [9.17, 15) is 4.79 Å². The molecule has 3 rings (SSSR count). The Balaban J connectivity index is 1.45. The Morgan fingerprint density at radius 1 is 1.13 bits per heavy atom. The molecule has 2 fully saturated rings. The van der Waals surface area contributed by atoms with Gasteiger partial charge in [-0.3, -0.25) is 4.90 Å². The molecule has 0 aliphatic carbocycles. The molecule has 0 aromatic heterocycles. The van der Waals surface area contributed by atoms with Gasteiger partial charge in [-0.1, -0.05) is 30.4 Å². The number of likely N-dealkylation sites (tertiary alicyclic amines) is 2. The largest absolute Gasteiger partial charge is 0.335 e. The summed E-state index contributed by atoms with van der Waals surface area (Å²) in [6, 6.07) is 9.74. The predicted octanol–water partition coefficient (Wildman–Crippen LogP) is 4.22. The summed E-state index contributed by atoms with van der Waals surface area (Å²) in [5.74, 6) is 0. The van der Waals surface area contributed by atoms with Gasteiger partial charge in [0, 0.05) is 49.7 Å². The minimum atomic E-state index is -0.00270. The number of benzene rings is 1. The third-order valence-corrected chi connectivity index (χ3v) is 7.42. The summed E-state index contributed by atoms with van der Waals surface area (Å²) in [6.07, 6.45) is 10.3. The number of urea groups is 1. The van der Waals surface area contributed by atoms with E-state index in [0.29, 0.717) is 25.2 Å². The summed E-state index contributed by atoms with van der Waals surface area (Å²) in [4.78, 5) is 21.1. The van der Waals surface area contributed by atoms with Crippen molar-refractivity contribution in [1.82, 2.24) is 20.0 Å². The SMILES string of the molecule is C=CCNC(=O)N(CC=C)C1CCN(C2CCN(Cc3ccccc3SC)CC2)CC1. The number of hydrogen-bond acceptors (Lipinski definition) is 4. The van der Waals surface area contributed by atoms with Gasteiger partial charge in [0.2, 0.25) is 0 Å². The molecule has 1 N–H and O–H groups in total. The van der Waals surface area contributed by atoms with Crippen LogP contribution in [0, 0.1) is 0 Å². The van der Waals surface area contributed by atoms with E-state index in [0.717, 1.165) is 32.5 Å². The van der Waals surface area contributed by atoms with Crippen molar-refractivity contribution in [1.29, 1.82) is 0 Å². The summed E-state index contributed by atoms with van der Waals surface area (Å²) in [5.41, 5.74) is 1.45. The number of hydrogen-bond donors (Lipinski definition) is 1. The van der Waals surface area contributed by atoms with Crippen LogP contribution in [0.5, 0.6) is 0 Å². The van der Waals surface area contributed by atoms with Gasteiger partial charge in [0.15, 0.2) is 0 Å². The average Bonchev–Trinajstić information content (AvgIpc) is 2.82. The van der Waals surface area contributed by atoms with Gasteiger partial charge in [-0.15, -0.1) is 24.9 Å². The number of nitrogens with one attached hydrogen (secondary N) is 1. The minimum absolute atomic E-state index is 0.00270. The summed E-state index contributed by atoms with van der Waals surface area (Å²) in [6.45, 7) is 14.2. The van der Waals surface area contributed by atoms with Crippen molar-refractivity contribution in [2.75, 3.05) is 45.5 Å². The smallest absolute Gasteiger partial charge is 0.318 e. The van der Waals surface area contributed by atoms with Crippen molar-refractivity contribution in [3.05, 3.63) is 55.1 Å². The van der Waals surface area contributed by atoms with Gasteiger partial charge < -0.3 is 15.1 Å². The molecule has 1 aromatic rings. The van der Waals surface area contributed by atoms with Gasteiger partial charge >= 0.3 is 6.03 Å². The zero-order chi connectivity index (χ0) is 22.1. The molecular formula is C25H38N4OS. The van der Waals surface area contributed by atoms with Crippen molar-refractivity contribution < 1.29 is 4.79 Å². The zero-order valence-electron chi connectivity index (χ0n) is 19.0. The zero-order valence-corrected chi connectivity index (χ0v) is 19.8. The maximum absolute atomic E-state index is 12.5. The molecule has 2 aliphatic rings. The van der Waals surface area contributed by atoms with Crippen molar-refractivity contribution in [3.63, 3.8) is 0 Å². The maximum atomic E-state index is 12.5. The monoisotopic (exact) mass is 442 g/mol. The minimum Gasteiger partial charge on any atom is -0.335 e. The molecule has 2 aliphatic heterocycles. The maximum Gasteiger partial charge on any atom is 0.318 e. The van der Waals surface area contributed by atoms with Crippen molar-refractivity contribution in [2.45, 2.75) is 49.2 Å². The Labute approximate surface area is 192 Å². The Kier molecular flexibility index (Phi) is 9.50. The lowest BCUT2D eigenvalue weighted by molar-refractivity contribution is 0.0637. The average molecular weight is 443 g/mol. The summed E-state index contributed by atoms with van der Waals surface area (Å²) in [7, 11) is 0. The van der Waals surface area contributed by atoms with Crippen molar-refractivity contribution in [2.24, 2.45) is 0 Å². The van der Waals surface area contributed by atoms with Crippen LogP contribution in [0.2, 0.25) is 0 Å². The molecule has 170 valence electrons. The molecule has 5 nitrogen and oxygen atoms in total. The molecule has 0 unspecified atom stereocenters.